The van der Waals surface area contributed by atoms with Gasteiger partial charge >= 0.3 is 5.97 Å². The molecule has 0 aliphatic carbocycles. The Kier molecular flexibility index (Phi) is 7.42. The molecule has 0 unspecified atom stereocenters. The van der Waals surface area contributed by atoms with Gasteiger partial charge in [-0.15, -0.1) is 0 Å². The van der Waals surface area contributed by atoms with Crippen LogP contribution in [0.25, 0.3) is 0 Å². The normalized spacial score (nSPS) is 11.0. The van der Waals surface area contributed by atoms with Gasteiger partial charge in [0.1, 0.15) is 0 Å². The van der Waals surface area contributed by atoms with Crippen molar-refractivity contribution in [3.63, 3.8) is 0 Å². The van der Waals surface area contributed by atoms with E-state index in [2.05, 4.69) is 5.32 Å². The average Bonchev–Trinajstić information content (AvgIpc) is 2.51. The molecule has 0 aliphatic heterocycles. The molecule has 0 fully saturated rings. The van der Waals surface area contributed by atoms with Crippen molar-refractivity contribution in [2.45, 2.75) is 40.2 Å². The summed E-state index contributed by atoms with van der Waals surface area (Å²) in [5, 5.41) is 11.4. The van der Waals surface area contributed by atoms with Gasteiger partial charge in [-0.3, -0.25) is 14.4 Å². The van der Waals surface area contributed by atoms with E-state index in [4.69, 9.17) is 5.11 Å². The minimum Gasteiger partial charge on any atom is -0.481 e. The van der Waals surface area contributed by atoms with E-state index in [1.165, 1.54) is 0 Å². The molecule has 2 N–H and O–H groups in total. The summed E-state index contributed by atoms with van der Waals surface area (Å²) in [5.74, 6) is -1.30. The quantitative estimate of drug-likeness (QED) is 0.762. The van der Waals surface area contributed by atoms with Crippen LogP contribution in [-0.2, 0) is 20.9 Å². The lowest BCUT2D eigenvalue weighted by Gasteiger charge is -2.24. The highest BCUT2D eigenvalue weighted by atomic mass is 16.4. The molecular weight excluding hydrogens is 308 g/mol. The number of nitrogens with one attached hydrogen (secondary N) is 1. The molecule has 1 rings (SSSR count). The Hall–Kier alpha value is -2.37. The lowest BCUT2D eigenvalue weighted by Crippen LogP contribution is -2.43. The molecule has 0 aromatic heterocycles. The number of aliphatic carboxylic acids is 1. The molecule has 1 aromatic carbocycles. The summed E-state index contributed by atoms with van der Waals surface area (Å²) in [5.41, 5.74) is 0.400. The highest BCUT2D eigenvalue weighted by molar-refractivity contribution is 5.87. The number of rotatable bonds is 8. The van der Waals surface area contributed by atoms with Gasteiger partial charge in [0.05, 0.1) is 6.54 Å². The zero-order valence-electron chi connectivity index (χ0n) is 14.5. The molecule has 0 spiro atoms. The Morgan fingerprint density at radius 2 is 1.75 bits per heavy atom. The number of carboxylic acid groups (broad SMARTS) is 1. The summed E-state index contributed by atoms with van der Waals surface area (Å²) >= 11 is 0. The van der Waals surface area contributed by atoms with E-state index in [-0.39, 0.29) is 24.8 Å². The van der Waals surface area contributed by atoms with Gasteiger partial charge in [0.15, 0.2) is 0 Å². The largest absolute Gasteiger partial charge is 0.481 e. The molecule has 0 atom stereocenters. The van der Waals surface area contributed by atoms with Crippen LogP contribution in [0.2, 0.25) is 0 Å². The predicted molar refractivity (Wildman–Crippen MR) is 91.2 cm³/mol. The first-order valence-electron chi connectivity index (χ1n) is 8.02. The lowest BCUT2D eigenvalue weighted by atomic mass is 9.96. The van der Waals surface area contributed by atoms with E-state index in [0.717, 1.165) is 5.56 Å². The lowest BCUT2D eigenvalue weighted by molar-refractivity contribution is -0.138. The van der Waals surface area contributed by atoms with Gasteiger partial charge in [-0.05, 0) is 12.0 Å². The second kappa shape index (κ2) is 9.05. The summed E-state index contributed by atoms with van der Waals surface area (Å²) < 4.78 is 0. The van der Waals surface area contributed by atoms with Crippen molar-refractivity contribution in [3.8, 4) is 0 Å². The van der Waals surface area contributed by atoms with E-state index in [0.29, 0.717) is 19.5 Å². The molecule has 0 aliphatic rings. The van der Waals surface area contributed by atoms with Crippen molar-refractivity contribution in [1.82, 2.24) is 10.2 Å². The summed E-state index contributed by atoms with van der Waals surface area (Å²) in [6, 6.07) is 9.48. The first-order chi connectivity index (χ1) is 11.2. The summed E-state index contributed by atoms with van der Waals surface area (Å²) in [6.07, 6.45) is 0.383. The molecule has 2 amide bonds. The van der Waals surface area contributed by atoms with Gasteiger partial charge in [-0.1, -0.05) is 51.1 Å². The van der Waals surface area contributed by atoms with Gasteiger partial charge in [0, 0.05) is 24.9 Å². The minimum atomic E-state index is -0.886. The number of carboxylic acids is 1. The van der Waals surface area contributed by atoms with Crippen LogP contribution in [0.1, 0.15) is 39.2 Å². The van der Waals surface area contributed by atoms with Gasteiger partial charge < -0.3 is 15.3 Å². The van der Waals surface area contributed by atoms with Crippen LogP contribution in [0.5, 0.6) is 0 Å². The van der Waals surface area contributed by atoms with Crippen LogP contribution < -0.4 is 5.32 Å². The molecule has 24 heavy (non-hydrogen) atoms. The second-order valence-corrected chi connectivity index (χ2v) is 6.73. The Morgan fingerprint density at radius 3 is 2.29 bits per heavy atom. The number of amides is 2. The Labute approximate surface area is 142 Å². The number of carbonyl (C=O) groups is 3. The fourth-order valence-electron chi connectivity index (χ4n) is 2.05. The van der Waals surface area contributed by atoms with Crippen LogP contribution in [0, 0.1) is 5.41 Å². The Morgan fingerprint density at radius 1 is 1.12 bits per heavy atom. The third-order valence-electron chi connectivity index (χ3n) is 3.47. The summed E-state index contributed by atoms with van der Waals surface area (Å²) in [7, 11) is 0. The van der Waals surface area contributed by atoms with Gasteiger partial charge in [0.25, 0.3) is 0 Å². The standard InChI is InChI=1S/C18H26N2O4/c1-18(2,3)17(24)19-12-15(21)20(11-7-10-16(22)23)13-14-8-5-4-6-9-14/h4-6,8-9H,7,10-13H2,1-3H3,(H,19,24)(H,22,23). The molecule has 132 valence electrons. The number of hydrogen-bond acceptors (Lipinski definition) is 3. The van der Waals surface area contributed by atoms with Crippen LogP contribution >= 0.6 is 0 Å². The van der Waals surface area contributed by atoms with Crippen molar-refractivity contribution in [2.75, 3.05) is 13.1 Å². The second-order valence-electron chi connectivity index (χ2n) is 6.73. The molecule has 0 saturated carbocycles. The van der Waals surface area contributed by atoms with Crippen LogP contribution in [0.15, 0.2) is 30.3 Å². The first kappa shape index (κ1) is 19.7. The fraction of sp³-hybridized carbons (Fsp3) is 0.500. The van der Waals surface area contributed by atoms with Gasteiger partial charge in [0.2, 0.25) is 11.8 Å². The Balaban J connectivity index is 2.66. The van der Waals surface area contributed by atoms with E-state index in [1.54, 1.807) is 25.7 Å². The van der Waals surface area contributed by atoms with Crippen LogP contribution in [0.4, 0.5) is 0 Å². The molecular formula is C18H26N2O4. The third-order valence-corrected chi connectivity index (χ3v) is 3.47. The zero-order valence-corrected chi connectivity index (χ0v) is 14.5. The number of hydrogen-bond donors (Lipinski definition) is 2. The van der Waals surface area contributed by atoms with Crippen LogP contribution in [0.3, 0.4) is 0 Å². The number of carbonyl (C=O) groups excluding carboxylic acids is 2. The molecule has 6 nitrogen and oxygen atoms in total. The topological polar surface area (TPSA) is 86.7 Å². The third kappa shape index (κ3) is 7.26. The smallest absolute Gasteiger partial charge is 0.303 e. The number of benzene rings is 1. The summed E-state index contributed by atoms with van der Waals surface area (Å²) in [6.45, 7) is 5.98. The zero-order chi connectivity index (χ0) is 18.2. The maximum Gasteiger partial charge on any atom is 0.303 e. The average molecular weight is 334 g/mol. The molecule has 1 aromatic rings. The van der Waals surface area contributed by atoms with Crippen molar-refractivity contribution in [2.24, 2.45) is 5.41 Å². The van der Waals surface area contributed by atoms with E-state index < -0.39 is 11.4 Å². The monoisotopic (exact) mass is 334 g/mol. The Bertz CT molecular complexity index is 564. The minimum absolute atomic E-state index is 0.00687. The van der Waals surface area contributed by atoms with Crippen molar-refractivity contribution >= 4 is 17.8 Å². The summed E-state index contributed by atoms with van der Waals surface area (Å²) in [4.78, 5) is 36.6. The molecule has 0 radical (unpaired) electrons. The predicted octanol–water partition coefficient (Wildman–Crippen LogP) is 2.04. The van der Waals surface area contributed by atoms with Crippen molar-refractivity contribution in [1.29, 1.82) is 0 Å². The van der Waals surface area contributed by atoms with Crippen molar-refractivity contribution in [3.05, 3.63) is 35.9 Å². The maximum atomic E-state index is 12.4. The fourth-order valence-corrected chi connectivity index (χ4v) is 2.05. The molecule has 0 saturated heterocycles. The highest BCUT2D eigenvalue weighted by Gasteiger charge is 2.22. The molecule has 0 heterocycles. The molecule has 6 heteroatoms. The van der Waals surface area contributed by atoms with Gasteiger partial charge in [-0.2, -0.15) is 0 Å². The highest BCUT2D eigenvalue weighted by Crippen LogP contribution is 2.12. The maximum absolute atomic E-state index is 12.4. The number of nitrogens with zero attached hydrogens (tertiary/aromatic N) is 1. The first-order valence-corrected chi connectivity index (χ1v) is 8.02. The van der Waals surface area contributed by atoms with Crippen LogP contribution in [-0.4, -0.2) is 40.9 Å². The van der Waals surface area contributed by atoms with Crippen molar-refractivity contribution < 1.29 is 19.5 Å². The SMILES string of the molecule is CC(C)(C)C(=O)NCC(=O)N(CCCC(=O)O)Cc1ccccc1. The van der Waals surface area contributed by atoms with E-state index >= 15 is 0 Å². The van der Waals surface area contributed by atoms with E-state index in [1.807, 2.05) is 30.3 Å². The van der Waals surface area contributed by atoms with E-state index in [9.17, 15) is 14.4 Å². The molecule has 0 bridgehead atoms. The van der Waals surface area contributed by atoms with Gasteiger partial charge in [-0.25, -0.2) is 0 Å².